The number of nitrogens with one attached hydrogen (secondary N) is 1. The first-order chi connectivity index (χ1) is 7.54. The highest BCUT2D eigenvalue weighted by atomic mass is 16.4. The number of amides is 1. The van der Waals surface area contributed by atoms with E-state index < -0.39 is 5.91 Å². The summed E-state index contributed by atoms with van der Waals surface area (Å²) in [7, 11) is 1.48. The Morgan fingerprint density at radius 3 is 2.88 bits per heavy atom. The van der Waals surface area contributed by atoms with Crippen molar-refractivity contribution >= 4 is 11.7 Å². The SMILES string of the molecule is CN(C/C(N)=N/O)C(=O)c1cccc(=O)[nH]1. The van der Waals surface area contributed by atoms with Gasteiger partial charge in [-0.2, -0.15) is 0 Å². The number of likely N-dealkylation sites (N-methyl/N-ethyl adjacent to an activating group) is 1. The zero-order valence-electron chi connectivity index (χ0n) is 8.67. The second-order valence-electron chi connectivity index (χ2n) is 3.18. The maximum absolute atomic E-state index is 11.7. The highest BCUT2D eigenvalue weighted by Crippen LogP contribution is 1.96. The predicted molar refractivity (Wildman–Crippen MR) is 57.4 cm³/mol. The lowest BCUT2D eigenvalue weighted by Crippen LogP contribution is -2.36. The zero-order chi connectivity index (χ0) is 12.1. The molecule has 7 nitrogen and oxygen atoms in total. The van der Waals surface area contributed by atoms with Gasteiger partial charge in [-0.25, -0.2) is 0 Å². The molecular formula is C9H12N4O3. The van der Waals surface area contributed by atoms with Gasteiger partial charge in [0, 0.05) is 13.1 Å². The van der Waals surface area contributed by atoms with Crippen LogP contribution < -0.4 is 11.3 Å². The molecule has 0 atom stereocenters. The van der Waals surface area contributed by atoms with Crippen molar-refractivity contribution in [3.05, 3.63) is 34.2 Å². The number of hydrogen-bond donors (Lipinski definition) is 3. The van der Waals surface area contributed by atoms with Gasteiger partial charge in [0.25, 0.3) is 5.91 Å². The van der Waals surface area contributed by atoms with Gasteiger partial charge in [-0.15, -0.1) is 0 Å². The van der Waals surface area contributed by atoms with Gasteiger partial charge in [0.1, 0.15) is 5.69 Å². The van der Waals surface area contributed by atoms with E-state index in [1.54, 1.807) is 0 Å². The first-order valence-electron chi connectivity index (χ1n) is 4.46. The molecule has 7 heteroatoms. The molecule has 0 unspecified atom stereocenters. The number of oxime groups is 1. The minimum Gasteiger partial charge on any atom is -0.409 e. The maximum Gasteiger partial charge on any atom is 0.270 e. The number of pyridine rings is 1. The summed E-state index contributed by atoms with van der Waals surface area (Å²) < 4.78 is 0. The Bertz CT molecular complexity index is 466. The van der Waals surface area contributed by atoms with Gasteiger partial charge < -0.3 is 20.8 Å². The molecule has 0 aliphatic carbocycles. The Balaban J connectivity index is 2.82. The summed E-state index contributed by atoms with van der Waals surface area (Å²) in [6, 6.07) is 4.26. The fourth-order valence-corrected chi connectivity index (χ4v) is 1.12. The van der Waals surface area contributed by atoms with Crippen molar-refractivity contribution in [1.29, 1.82) is 0 Å². The highest BCUT2D eigenvalue weighted by Gasteiger charge is 2.13. The molecule has 1 rings (SSSR count). The fraction of sp³-hybridized carbons (Fsp3) is 0.222. The quantitative estimate of drug-likeness (QED) is 0.270. The van der Waals surface area contributed by atoms with E-state index in [-0.39, 0.29) is 23.6 Å². The van der Waals surface area contributed by atoms with Crippen molar-refractivity contribution in [3.63, 3.8) is 0 Å². The molecule has 1 heterocycles. The van der Waals surface area contributed by atoms with Crippen molar-refractivity contribution in [1.82, 2.24) is 9.88 Å². The summed E-state index contributed by atoms with van der Waals surface area (Å²) in [6.45, 7) is -0.0216. The maximum atomic E-state index is 11.7. The molecule has 4 N–H and O–H groups in total. The van der Waals surface area contributed by atoms with Crippen LogP contribution in [0, 0.1) is 0 Å². The van der Waals surface area contributed by atoms with Crippen molar-refractivity contribution in [2.75, 3.05) is 13.6 Å². The molecule has 16 heavy (non-hydrogen) atoms. The van der Waals surface area contributed by atoms with E-state index in [1.165, 1.54) is 30.1 Å². The third-order valence-electron chi connectivity index (χ3n) is 1.87. The van der Waals surface area contributed by atoms with Crippen molar-refractivity contribution in [2.45, 2.75) is 0 Å². The number of H-pyrrole nitrogens is 1. The molecule has 86 valence electrons. The van der Waals surface area contributed by atoms with Crippen LogP contribution in [0.2, 0.25) is 0 Å². The second-order valence-corrected chi connectivity index (χ2v) is 3.18. The number of rotatable bonds is 3. The molecule has 0 aliphatic heterocycles. The molecule has 0 bridgehead atoms. The molecule has 0 radical (unpaired) electrons. The van der Waals surface area contributed by atoms with E-state index in [0.29, 0.717) is 0 Å². The predicted octanol–water partition coefficient (Wildman–Crippen LogP) is -0.807. The lowest BCUT2D eigenvalue weighted by atomic mass is 10.3. The Morgan fingerprint density at radius 1 is 1.62 bits per heavy atom. The minimum absolute atomic E-state index is 0.0216. The molecule has 0 spiro atoms. The van der Waals surface area contributed by atoms with E-state index in [4.69, 9.17) is 10.9 Å². The summed E-state index contributed by atoms with van der Waals surface area (Å²) in [4.78, 5) is 26.3. The van der Waals surface area contributed by atoms with Crippen molar-refractivity contribution in [2.24, 2.45) is 10.9 Å². The fourth-order valence-electron chi connectivity index (χ4n) is 1.12. The number of carbonyl (C=O) groups is 1. The van der Waals surface area contributed by atoms with Crippen LogP contribution >= 0.6 is 0 Å². The number of aromatic nitrogens is 1. The third-order valence-corrected chi connectivity index (χ3v) is 1.87. The smallest absolute Gasteiger partial charge is 0.270 e. The Labute approximate surface area is 91.2 Å². The summed E-state index contributed by atoms with van der Waals surface area (Å²) >= 11 is 0. The van der Waals surface area contributed by atoms with E-state index in [1.807, 2.05) is 0 Å². The Kier molecular flexibility index (Phi) is 3.65. The summed E-state index contributed by atoms with van der Waals surface area (Å²) in [5.41, 5.74) is 5.05. The number of nitrogens with two attached hydrogens (primary N) is 1. The number of aromatic amines is 1. The number of hydrogen-bond acceptors (Lipinski definition) is 4. The highest BCUT2D eigenvalue weighted by molar-refractivity contribution is 5.95. The first kappa shape index (κ1) is 11.8. The van der Waals surface area contributed by atoms with Crippen LogP contribution in [-0.4, -0.2) is 40.4 Å². The van der Waals surface area contributed by atoms with Gasteiger partial charge in [-0.05, 0) is 6.07 Å². The topological polar surface area (TPSA) is 112 Å². The Hall–Kier alpha value is -2.31. The minimum atomic E-state index is -0.413. The van der Waals surface area contributed by atoms with Crippen LogP contribution in [-0.2, 0) is 0 Å². The van der Waals surface area contributed by atoms with Crippen LogP contribution in [0.1, 0.15) is 10.5 Å². The van der Waals surface area contributed by atoms with E-state index >= 15 is 0 Å². The molecule has 0 saturated heterocycles. The average molecular weight is 224 g/mol. The standard InChI is InChI=1S/C9H12N4O3/c1-13(5-7(10)12-16)9(15)6-3-2-4-8(14)11-6/h2-4,16H,5H2,1H3,(H2,10,12)(H,11,14). The number of nitrogens with zero attached hydrogens (tertiary/aromatic N) is 2. The van der Waals surface area contributed by atoms with Crippen LogP contribution in [0.25, 0.3) is 0 Å². The van der Waals surface area contributed by atoms with Crippen LogP contribution in [0.3, 0.4) is 0 Å². The van der Waals surface area contributed by atoms with Crippen LogP contribution in [0.5, 0.6) is 0 Å². The van der Waals surface area contributed by atoms with Gasteiger partial charge in [-0.3, -0.25) is 9.59 Å². The summed E-state index contributed by atoms with van der Waals surface area (Å²) in [5, 5.41) is 11.1. The second kappa shape index (κ2) is 4.96. The Morgan fingerprint density at radius 2 is 2.31 bits per heavy atom. The monoisotopic (exact) mass is 224 g/mol. The molecule has 0 fully saturated rings. The molecule has 0 aromatic carbocycles. The third kappa shape index (κ3) is 2.84. The summed E-state index contributed by atoms with van der Waals surface area (Å²) in [6.07, 6.45) is 0. The summed E-state index contributed by atoms with van der Waals surface area (Å²) in [5.74, 6) is -0.501. The average Bonchev–Trinajstić information content (AvgIpc) is 2.27. The number of carbonyl (C=O) groups excluding carboxylic acids is 1. The van der Waals surface area contributed by atoms with Crippen molar-refractivity contribution in [3.8, 4) is 0 Å². The lowest BCUT2D eigenvalue weighted by Gasteiger charge is -2.15. The molecule has 0 aliphatic rings. The number of amidine groups is 1. The van der Waals surface area contributed by atoms with Crippen molar-refractivity contribution < 1.29 is 10.0 Å². The molecule has 1 amide bonds. The lowest BCUT2D eigenvalue weighted by molar-refractivity contribution is 0.0807. The normalized spacial score (nSPS) is 11.2. The van der Waals surface area contributed by atoms with Gasteiger partial charge in [-0.1, -0.05) is 11.2 Å². The first-order valence-corrected chi connectivity index (χ1v) is 4.46. The van der Waals surface area contributed by atoms with E-state index in [2.05, 4.69) is 10.1 Å². The van der Waals surface area contributed by atoms with Crippen LogP contribution in [0.4, 0.5) is 0 Å². The van der Waals surface area contributed by atoms with Gasteiger partial charge in [0.05, 0.1) is 6.54 Å². The molecular weight excluding hydrogens is 212 g/mol. The zero-order valence-corrected chi connectivity index (χ0v) is 8.67. The van der Waals surface area contributed by atoms with Crippen LogP contribution in [0.15, 0.2) is 28.1 Å². The molecule has 1 aromatic rings. The van der Waals surface area contributed by atoms with Gasteiger partial charge >= 0.3 is 0 Å². The van der Waals surface area contributed by atoms with Gasteiger partial charge in [0.2, 0.25) is 5.56 Å². The molecule has 1 aromatic heterocycles. The van der Waals surface area contributed by atoms with E-state index in [0.717, 1.165) is 0 Å². The van der Waals surface area contributed by atoms with E-state index in [9.17, 15) is 9.59 Å². The largest absolute Gasteiger partial charge is 0.409 e. The molecule has 0 saturated carbocycles. The van der Waals surface area contributed by atoms with Gasteiger partial charge in [0.15, 0.2) is 5.84 Å².